The van der Waals surface area contributed by atoms with Gasteiger partial charge in [-0.15, -0.1) is 10.2 Å². The molecule has 2 aromatic heterocycles. The molecular formula is C12H9N5O2. The molecule has 3 rings (SSSR count). The molecule has 0 radical (unpaired) electrons. The summed E-state index contributed by atoms with van der Waals surface area (Å²) in [6, 6.07) is 6.85. The lowest BCUT2D eigenvalue weighted by atomic mass is 10.2. The molecule has 1 amide bonds. The number of hydrogen-bond acceptors (Lipinski definition) is 5. The zero-order valence-electron chi connectivity index (χ0n) is 9.72. The highest BCUT2D eigenvalue weighted by Crippen LogP contribution is 2.20. The number of anilines is 1. The van der Waals surface area contributed by atoms with Gasteiger partial charge >= 0.3 is 6.03 Å². The number of hydrogen-bond donors (Lipinski definition) is 1. The van der Waals surface area contributed by atoms with Crippen molar-refractivity contribution in [3.8, 4) is 11.5 Å². The molecule has 19 heavy (non-hydrogen) atoms. The third-order valence-corrected chi connectivity index (χ3v) is 2.46. The van der Waals surface area contributed by atoms with E-state index in [9.17, 15) is 4.79 Å². The van der Waals surface area contributed by atoms with Crippen LogP contribution in [0.15, 0.2) is 53.8 Å². The van der Waals surface area contributed by atoms with E-state index in [1.165, 1.54) is 23.5 Å². The molecule has 3 aromatic rings. The van der Waals surface area contributed by atoms with Crippen LogP contribution in [0, 0.1) is 0 Å². The van der Waals surface area contributed by atoms with E-state index >= 15 is 0 Å². The van der Waals surface area contributed by atoms with E-state index < -0.39 is 0 Å². The summed E-state index contributed by atoms with van der Waals surface area (Å²) >= 11 is 0. The van der Waals surface area contributed by atoms with Gasteiger partial charge < -0.3 is 9.73 Å². The Kier molecular flexibility index (Phi) is 2.77. The Morgan fingerprint density at radius 2 is 2.32 bits per heavy atom. The normalized spacial score (nSPS) is 10.3. The maximum atomic E-state index is 11.8. The Hall–Kier alpha value is -2.96. The Bertz CT molecular complexity index is 676. The average molecular weight is 255 g/mol. The maximum absolute atomic E-state index is 11.8. The van der Waals surface area contributed by atoms with Gasteiger partial charge in [0.05, 0.1) is 0 Å². The first-order valence-electron chi connectivity index (χ1n) is 5.49. The smallest absolute Gasteiger partial charge is 0.331 e. The monoisotopic (exact) mass is 255 g/mol. The van der Waals surface area contributed by atoms with Gasteiger partial charge in [0.15, 0.2) is 0 Å². The summed E-state index contributed by atoms with van der Waals surface area (Å²) in [5, 5.41) is 10.2. The summed E-state index contributed by atoms with van der Waals surface area (Å²) in [7, 11) is 0. The molecule has 7 nitrogen and oxygen atoms in total. The number of carbonyl (C=O) groups excluding carboxylic acids is 1. The maximum Gasteiger partial charge on any atom is 0.331 e. The minimum Gasteiger partial charge on any atom is -0.423 e. The number of nitrogens with zero attached hydrogens (tertiary/aromatic N) is 4. The average Bonchev–Trinajstić information content (AvgIpc) is 3.13. The van der Waals surface area contributed by atoms with Crippen LogP contribution in [0.3, 0.4) is 0 Å². The van der Waals surface area contributed by atoms with Gasteiger partial charge in [-0.3, -0.25) is 4.57 Å². The van der Waals surface area contributed by atoms with Crippen LogP contribution in [0.5, 0.6) is 0 Å². The number of rotatable bonds is 2. The predicted molar refractivity (Wildman–Crippen MR) is 66.4 cm³/mol. The molecule has 0 saturated heterocycles. The molecule has 94 valence electrons. The Balaban J connectivity index is 1.82. The third kappa shape index (κ3) is 2.34. The molecular weight excluding hydrogens is 246 g/mol. The van der Waals surface area contributed by atoms with Crippen molar-refractivity contribution in [3.05, 3.63) is 49.4 Å². The number of benzene rings is 1. The van der Waals surface area contributed by atoms with E-state index in [2.05, 4.69) is 20.5 Å². The van der Waals surface area contributed by atoms with E-state index in [4.69, 9.17) is 4.42 Å². The largest absolute Gasteiger partial charge is 0.423 e. The molecule has 7 heteroatoms. The Labute approximate surface area is 107 Å². The zero-order valence-corrected chi connectivity index (χ0v) is 9.72. The minimum absolute atomic E-state index is 0.292. The molecule has 0 aliphatic rings. The van der Waals surface area contributed by atoms with Crippen molar-refractivity contribution in [1.82, 2.24) is 19.7 Å². The second-order valence-corrected chi connectivity index (χ2v) is 3.72. The van der Waals surface area contributed by atoms with E-state index in [1.807, 2.05) is 6.07 Å². The molecule has 0 aliphatic carbocycles. The summed E-state index contributed by atoms with van der Waals surface area (Å²) in [5.41, 5.74) is 1.37. The second kappa shape index (κ2) is 4.73. The van der Waals surface area contributed by atoms with Crippen molar-refractivity contribution in [2.24, 2.45) is 0 Å². The molecule has 0 spiro atoms. The number of carbonyl (C=O) groups is 1. The first-order valence-corrected chi connectivity index (χ1v) is 5.49. The molecule has 0 unspecified atom stereocenters. The van der Waals surface area contributed by atoms with Gasteiger partial charge in [0.2, 0.25) is 12.3 Å². The van der Waals surface area contributed by atoms with Gasteiger partial charge in [-0.25, -0.2) is 9.78 Å². The number of nitrogens with one attached hydrogen (secondary N) is 1. The van der Waals surface area contributed by atoms with Crippen LogP contribution in [0.2, 0.25) is 0 Å². The number of amides is 1. The highest BCUT2D eigenvalue weighted by Gasteiger charge is 2.07. The van der Waals surface area contributed by atoms with Gasteiger partial charge in [0, 0.05) is 23.6 Å². The SMILES string of the molecule is O=C(Nc1cccc(-c2nnco2)c1)n1ccnc1. The fraction of sp³-hybridized carbons (Fsp3) is 0. The van der Waals surface area contributed by atoms with Gasteiger partial charge in [-0.2, -0.15) is 0 Å². The van der Waals surface area contributed by atoms with Crippen LogP contribution in [-0.4, -0.2) is 25.8 Å². The predicted octanol–water partition coefficient (Wildman–Crippen LogP) is 2.01. The highest BCUT2D eigenvalue weighted by atomic mass is 16.4. The van der Waals surface area contributed by atoms with Crippen molar-refractivity contribution in [3.63, 3.8) is 0 Å². The van der Waals surface area contributed by atoms with Crippen LogP contribution < -0.4 is 5.32 Å². The summed E-state index contributed by atoms with van der Waals surface area (Å²) in [6.07, 6.45) is 5.79. The first kappa shape index (κ1) is 11.1. The molecule has 0 atom stereocenters. The molecule has 1 N–H and O–H groups in total. The summed E-state index contributed by atoms with van der Waals surface area (Å²) in [6.45, 7) is 0. The first-order chi connectivity index (χ1) is 9.33. The lowest BCUT2D eigenvalue weighted by Crippen LogP contribution is -2.17. The highest BCUT2D eigenvalue weighted by molar-refractivity contribution is 5.91. The van der Waals surface area contributed by atoms with E-state index in [0.717, 1.165) is 5.56 Å². The molecule has 0 aliphatic heterocycles. The van der Waals surface area contributed by atoms with Crippen LogP contribution in [0.1, 0.15) is 0 Å². The molecule has 0 fully saturated rings. The van der Waals surface area contributed by atoms with Crippen molar-refractivity contribution in [1.29, 1.82) is 0 Å². The minimum atomic E-state index is -0.292. The van der Waals surface area contributed by atoms with Gasteiger partial charge in [0.1, 0.15) is 6.33 Å². The Morgan fingerprint density at radius 1 is 1.37 bits per heavy atom. The molecule has 2 heterocycles. The van der Waals surface area contributed by atoms with E-state index in [-0.39, 0.29) is 6.03 Å². The Morgan fingerprint density at radius 3 is 3.05 bits per heavy atom. The molecule has 0 saturated carbocycles. The molecule has 1 aromatic carbocycles. The third-order valence-electron chi connectivity index (χ3n) is 2.46. The van der Waals surface area contributed by atoms with Gasteiger partial charge in [-0.1, -0.05) is 6.07 Å². The van der Waals surface area contributed by atoms with E-state index in [1.54, 1.807) is 24.4 Å². The van der Waals surface area contributed by atoms with Crippen LogP contribution in [-0.2, 0) is 0 Å². The van der Waals surface area contributed by atoms with E-state index in [0.29, 0.717) is 11.6 Å². The van der Waals surface area contributed by atoms with Crippen molar-refractivity contribution in [2.45, 2.75) is 0 Å². The fourth-order valence-corrected chi connectivity index (χ4v) is 1.60. The van der Waals surface area contributed by atoms with Crippen LogP contribution >= 0.6 is 0 Å². The van der Waals surface area contributed by atoms with Gasteiger partial charge in [-0.05, 0) is 18.2 Å². The molecule has 0 bridgehead atoms. The number of imidazole rings is 1. The zero-order chi connectivity index (χ0) is 13.1. The van der Waals surface area contributed by atoms with Crippen molar-refractivity contribution < 1.29 is 9.21 Å². The van der Waals surface area contributed by atoms with Gasteiger partial charge in [0.25, 0.3) is 0 Å². The summed E-state index contributed by atoms with van der Waals surface area (Å²) in [4.78, 5) is 15.6. The topological polar surface area (TPSA) is 85.8 Å². The van der Waals surface area contributed by atoms with Crippen LogP contribution in [0.4, 0.5) is 10.5 Å². The fourth-order valence-electron chi connectivity index (χ4n) is 1.60. The summed E-state index contributed by atoms with van der Waals surface area (Å²) in [5.74, 6) is 0.402. The second-order valence-electron chi connectivity index (χ2n) is 3.72. The number of aromatic nitrogens is 4. The van der Waals surface area contributed by atoms with Crippen molar-refractivity contribution in [2.75, 3.05) is 5.32 Å². The standard InChI is InChI=1S/C12H9N5O2/c18-12(17-5-4-13-7-17)15-10-3-1-2-9(6-10)11-16-14-8-19-11/h1-8H,(H,15,18). The lowest BCUT2D eigenvalue weighted by molar-refractivity contribution is 0.253. The quantitative estimate of drug-likeness (QED) is 0.757. The van der Waals surface area contributed by atoms with Crippen molar-refractivity contribution >= 4 is 11.7 Å². The summed E-state index contributed by atoms with van der Waals surface area (Å²) < 4.78 is 6.45. The van der Waals surface area contributed by atoms with Crippen LogP contribution in [0.25, 0.3) is 11.5 Å². The lowest BCUT2D eigenvalue weighted by Gasteiger charge is -2.05.